The van der Waals surface area contributed by atoms with Crippen LogP contribution in [0.2, 0.25) is 0 Å². The highest BCUT2D eigenvalue weighted by molar-refractivity contribution is 9.10. The minimum atomic E-state index is 0.321. The zero-order valence-corrected chi connectivity index (χ0v) is 10.7. The molecule has 0 radical (unpaired) electrons. The van der Waals surface area contributed by atoms with Gasteiger partial charge in [0.25, 0.3) is 0 Å². The Balaban J connectivity index is 1.71. The fraction of sp³-hybridized carbons (Fsp3) is 0.500. The first-order valence-corrected chi connectivity index (χ1v) is 6.53. The molecule has 0 saturated heterocycles. The predicted molar refractivity (Wildman–Crippen MR) is 64.8 cm³/mol. The molecule has 2 rings (SSSR count). The Hall–Kier alpha value is -0.390. The molecular formula is C10H13BrN2OS. The Bertz CT molecular complexity index is 340. The topological polar surface area (TPSA) is 34.2 Å². The van der Waals surface area contributed by atoms with Gasteiger partial charge in [-0.05, 0) is 46.4 Å². The molecule has 0 amide bonds. The molecule has 0 aromatic carbocycles. The van der Waals surface area contributed by atoms with E-state index in [0.29, 0.717) is 6.10 Å². The maximum Gasteiger partial charge on any atom is 0.110 e. The van der Waals surface area contributed by atoms with Gasteiger partial charge in [0, 0.05) is 13.1 Å². The van der Waals surface area contributed by atoms with Gasteiger partial charge in [-0.25, -0.2) is 0 Å². The average Bonchev–Trinajstić information content (AvgIpc) is 2.66. The van der Waals surface area contributed by atoms with Crippen LogP contribution in [0.1, 0.15) is 17.7 Å². The van der Waals surface area contributed by atoms with Gasteiger partial charge in [0.1, 0.15) is 6.10 Å². The Labute approximate surface area is 102 Å². The van der Waals surface area contributed by atoms with Crippen molar-refractivity contribution in [2.45, 2.75) is 25.5 Å². The fourth-order valence-electron chi connectivity index (χ4n) is 1.45. The summed E-state index contributed by atoms with van der Waals surface area (Å²) in [7, 11) is 0. The molecule has 0 fully saturated rings. The second kappa shape index (κ2) is 5.63. The lowest BCUT2D eigenvalue weighted by molar-refractivity contribution is 0.122. The van der Waals surface area contributed by atoms with Gasteiger partial charge in [-0.1, -0.05) is 0 Å². The van der Waals surface area contributed by atoms with Gasteiger partial charge in [0.15, 0.2) is 0 Å². The molecule has 15 heavy (non-hydrogen) atoms. The van der Waals surface area contributed by atoms with E-state index in [1.165, 1.54) is 16.4 Å². The lowest BCUT2D eigenvalue weighted by Gasteiger charge is -2.19. The van der Waals surface area contributed by atoms with E-state index >= 15 is 0 Å². The molecule has 0 spiro atoms. The molecule has 0 aliphatic carbocycles. The van der Waals surface area contributed by atoms with Gasteiger partial charge in [0.2, 0.25) is 0 Å². The zero-order valence-electron chi connectivity index (χ0n) is 8.28. The second-order valence-corrected chi connectivity index (χ2v) is 5.18. The number of nitrogens with one attached hydrogen (secondary N) is 1. The maximum absolute atomic E-state index is 5.46. The number of aromatic nitrogens is 1. The minimum Gasteiger partial charge on any atom is -0.497 e. The van der Waals surface area contributed by atoms with Gasteiger partial charge >= 0.3 is 0 Å². The highest BCUT2D eigenvalue weighted by atomic mass is 79.9. The summed E-state index contributed by atoms with van der Waals surface area (Å²) in [5, 5.41) is 3.38. The van der Waals surface area contributed by atoms with Gasteiger partial charge in [-0.15, -0.1) is 0 Å². The van der Waals surface area contributed by atoms with Crippen LogP contribution in [0.25, 0.3) is 0 Å². The molecule has 0 saturated carbocycles. The van der Waals surface area contributed by atoms with Crippen LogP contribution in [0.5, 0.6) is 0 Å². The van der Waals surface area contributed by atoms with Crippen molar-refractivity contribution in [3.05, 3.63) is 27.9 Å². The van der Waals surface area contributed by atoms with Gasteiger partial charge in [-0.2, -0.15) is 4.37 Å². The van der Waals surface area contributed by atoms with Crippen LogP contribution in [0.15, 0.2) is 23.0 Å². The monoisotopic (exact) mass is 288 g/mol. The summed E-state index contributed by atoms with van der Waals surface area (Å²) in [5.74, 6) is 0. The molecule has 1 aliphatic rings. The standard InChI is InChI=1S/C10H13BrN2OS/c11-9-6-13-15-10(9)7-12-5-8-3-1-2-4-14-8/h2,4,6,8,12H,1,3,5,7H2. The van der Waals surface area contributed by atoms with Crippen molar-refractivity contribution in [3.63, 3.8) is 0 Å². The second-order valence-electron chi connectivity index (χ2n) is 3.44. The van der Waals surface area contributed by atoms with E-state index in [9.17, 15) is 0 Å². The Morgan fingerprint density at radius 2 is 2.60 bits per heavy atom. The van der Waals surface area contributed by atoms with Crippen molar-refractivity contribution in [2.75, 3.05) is 6.54 Å². The Morgan fingerprint density at radius 3 is 3.27 bits per heavy atom. The number of halogens is 1. The Morgan fingerprint density at radius 1 is 1.67 bits per heavy atom. The minimum absolute atomic E-state index is 0.321. The number of ether oxygens (including phenoxy) is 1. The summed E-state index contributed by atoms with van der Waals surface area (Å²) >= 11 is 4.98. The normalized spacial score (nSPS) is 20.2. The summed E-state index contributed by atoms with van der Waals surface area (Å²) < 4.78 is 10.6. The number of allylic oxidation sites excluding steroid dienone is 1. The molecule has 82 valence electrons. The molecule has 2 heterocycles. The van der Waals surface area contributed by atoms with Gasteiger partial charge in [0.05, 0.1) is 21.8 Å². The number of hydrogen-bond donors (Lipinski definition) is 1. The van der Waals surface area contributed by atoms with Crippen molar-refractivity contribution in [1.29, 1.82) is 0 Å². The lowest BCUT2D eigenvalue weighted by atomic mass is 10.1. The predicted octanol–water partition coefficient (Wildman–Crippen LogP) is 2.69. The van der Waals surface area contributed by atoms with E-state index in [1.807, 2.05) is 6.20 Å². The van der Waals surface area contributed by atoms with Gasteiger partial charge < -0.3 is 10.1 Å². The highest BCUT2D eigenvalue weighted by Gasteiger charge is 2.10. The third-order valence-electron chi connectivity index (χ3n) is 2.28. The lowest BCUT2D eigenvalue weighted by Crippen LogP contribution is -2.28. The highest BCUT2D eigenvalue weighted by Crippen LogP contribution is 2.19. The first-order chi connectivity index (χ1) is 7.36. The van der Waals surface area contributed by atoms with Crippen LogP contribution in [0, 0.1) is 0 Å². The van der Waals surface area contributed by atoms with Crippen molar-refractivity contribution in [2.24, 2.45) is 0 Å². The van der Waals surface area contributed by atoms with Crippen molar-refractivity contribution in [1.82, 2.24) is 9.69 Å². The molecule has 3 nitrogen and oxygen atoms in total. The van der Waals surface area contributed by atoms with Crippen LogP contribution in [0.3, 0.4) is 0 Å². The van der Waals surface area contributed by atoms with E-state index in [-0.39, 0.29) is 0 Å². The summed E-state index contributed by atoms with van der Waals surface area (Å²) in [6, 6.07) is 0. The molecular weight excluding hydrogens is 276 g/mol. The summed E-state index contributed by atoms with van der Waals surface area (Å²) in [5.41, 5.74) is 0. The van der Waals surface area contributed by atoms with E-state index in [2.05, 4.69) is 31.7 Å². The number of rotatable bonds is 4. The van der Waals surface area contributed by atoms with Crippen molar-refractivity contribution in [3.8, 4) is 0 Å². The number of hydrogen-bond acceptors (Lipinski definition) is 4. The molecule has 1 aromatic heterocycles. The van der Waals surface area contributed by atoms with Crippen LogP contribution in [-0.4, -0.2) is 17.0 Å². The van der Waals surface area contributed by atoms with E-state index in [1.54, 1.807) is 6.26 Å². The SMILES string of the molecule is Brc1cnsc1CNCC1CCC=CO1. The maximum atomic E-state index is 5.46. The molecule has 5 heteroatoms. The van der Waals surface area contributed by atoms with Crippen LogP contribution in [0.4, 0.5) is 0 Å². The smallest absolute Gasteiger partial charge is 0.110 e. The van der Waals surface area contributed by atoms with Crippen molar-refractivity contribution >= 4 is 27.5 Å². The quantitative estimate of drug-likeness (QED) is 0.925. The van der Waals surface area contributed by atoms with Crippen LogP contribution >= 0.6 is 27.5 Å². The first kappa shape index (κ1) is 11.1. The first-order valence-electron chi connectivity index (χ1n) is 4.96. The Kier molecular flexibility index (Phi) is 4.17. The fourth-order valence-corrected chi connectivity index (χ4v) is 2.64. The van der Waals surface area contributed by atoms with E-state index in [0.717, 1.165) is 30.4 Å². The average molecular weight is 289 g/mol. The molecule has 1 atom stereocenters. The van der Waals surface area contributed by atoms with Crippen molar-refractivity contribution < 1.29 is 4.74 Å². The number of nitrogens with zero attached hydrogens (tertiary/aromatic N) is 1. The van der Waals surface area contributed by atoms with Gasteiger partial charge in [-0.3, -0.25) is 0 Å². The zero-order chi connectivity index (χ0) is 10.5. The summed E-state index contributed by atoms with van der Waals surface area (Å²) in [4.78, 5) is 1.24. The third-order valence-corrected chi connectivity index (χ3v) is 4.02. The summed E-state index contributed by atoms with van der Waals surface area (Å²) in [6.07, 6.45) is 8.25. The summed E-state index contributed by atoms with van der Waals surface area (Å²) in [6.45, 7) is 1.75. The van der Waals surface area contributed by atoms with Crippen LogP contribution in [-0.2, 0) is 11.3 Å². The largest absolute Gasteiger partial charge is 0.497 e. The molecule has 1 aliphatic heterocycles. The molecule has 0 bridgehead atoms. The van der Waals surface area contributed by atoms with E-state index in [4.69, 9.17) is 4.74 Å². The van der Waals surface area contributed by atoms with E-state index < -0.39 is 0 Å². The third kappa shape index (κ3) is 3.29. The van der Waals surface area contributed by atoms with Crippen LogP contribution < -0.4 is 5.32 Å². The molecule has 1 aromatic rings. The molecule has 1 N–H and O–H groups in total. The molecule has 1 unspecified atom stereocenters.